The van der Waals surface area contributed by atoms with Gasteiger partial charge < -0.3 is 10.8 Å². The molecule has 2 unspecified atom stereocenters. The number of hydrogen-bond donors (Lipinski definition) is 2. The summed E-state index contributed by atoms with van der Waals surface area (Å²) in [6, 6.07) is 10.9. The van der Waals surface area contributed by atoms with Gasteiger partial charge in [-0.2, -0.15) is 24.9 Å². The summed E-state index contributed by atoms with van der Waals surface area (Å²) >= 11 is 7.53. The number of hydrogen-bond acceptors (Lipinski definition) is 3. The van der Waals surface area contributed by atoms with E-state index in [9.17, 15) is 18.0 Å². The van der Waals surface area contributed by atoms with Crippen molar-refractivity contribution in [3.05, 3.63) is 58.6 Å². The van der Waals surface area contributed by atoms with E-state index in [1.165, 1.54) is 23.9 Å². The van der Waals surface area contributed by atoms with Crippen LogP contribution in [0.3, 0.4) is 0 Å². The van der Waals surface area contributed by atoms with Crippen LogP contribution in [0.4, 0.5) is 13.2 Å². The average Bonchev–Trinajstić information content (AvgIpc) is 2.71. The van der Waals surface area contributed by atoms with Gasteiger partial charge in [0.1, 0.15) is 6.04 Å². The Kier molecular flexibility index (Phi) is 11.5. The Morgan fingerprint density at radius 1 is 1.10 bits per heavy atom. The Morgan fingerprint density at radius 2 is 1.68 bits per heavy atom. The molecule has 31 heavy (non-hydrogen) atoms. The van der Waals surface area contributed by atoms with E-state index in [-0.39, 0.29) is 24.2 Å². The van der Waals surface area contributed by atoms with Crippen LogP contribution in [0.25, 0.3) is 11.1 Å². The average molecular weight is 476 g/mol. The lowest BCUT2D eigenvalue weighted by molar-refractivity contribution is -0.150. The number of rotatable bonds is 9. The summed E-state index contributed by atoms with van der Waals surface area (Å²) in [6.07, 6.45) is -4.22. The Balaban J connectivity index is 0.00000233. The highest BCUT2D eigenvalue weighted by Crippen LogP contribution is 2.39. The Hall–Kier alpha value is -1.70. The quantitative estimate of drug-likeness (QED) is 0.386. The number of thioether (sulfide) groups is 1. The molecule has 0 fully saturated rings. The number of aliphatic carboxylic acids is 1. The molecule has 0 bridgehead atoms. The number of halogens is 4. The lowest BCUT2D eigenvalue weighted by atomic mass is 9.93. The molecule has 0 aliphatic heterocycles. The summed E-state index contributed by atoms with van der Waals surface area (Å²) in [5.41, 5.74) is 8.14. The standard InChI is InChI=1S/C21H23ClF3NO2S.C2H6/c1-13-2-7-16(18(22)12-13)14-3-5-15(6-4-14)17(21(23,24)25)8-10-29-11-9-19(26)20(27)28;1-2/h2-7,12,17,19H,8-11,26H2,1H3,(H,27,28);1-2H3. The molecule has 0 aliphatic rings. The maximum absolute atomic E-state index is 13.6. The van der Waals surface area contributed by atoms with Crippen LogP contribution < -0.4 is 5.73 Å². The number of carboxylic acids is 1. The SMILES string of the molecule is CC.Cc1ccc(-c2ccc(C(CCSCCC(N)C(=O)O)C(F)(F)F)cc2)c(Cl)c1. The van der Waals surface area contributed by atoms with Crippen molar-refractivity contribution in [2.45, 2.75) is 51.7 Å². The Morgan fingerprint density at radius 3 is 2.19 bits per heavy atom. The minimum Gasteiger partial charge on any atom is -0.480 e. The highest BCUT2D eigenvalue weighted by atomic mass is 35.5. The molecule has 0 saturated carbocycles. The topological polar surface area (TPSA) is 63.3 Å². The second-order valence-electron chi connectivity index (χ2n) is 6.83. The molecule has 0 saturated heterocycles. The minimum absolute atomic E-state index is 0.0822. The third kappa shape index (κ3) is 8.75. The number of aryl methyl sites for hydroxylation is 1. The summed E-state index contributed by atoms with van der Waals surface area (Å²) in [7, 11) is 0. The molecule has 2 aromatic rings. The van der Waals surface area contributed by atoms with Gasteiger partial charge in [-0.15, -0.1) is 0 Å². The maximum atomic E-state index is 13.6. The Bertz CT molecular complexity index is 829. The first kappa shape index (κ1) is 27.3. The van der Waals surface area contributed by atoms with Crippen molar-refractivity contribution in [1.82, 2.24) is 0 Å². The van der Waals surface area contributed by atoms with Gasteiger partial charge in [-0.25, -0.2) is 0 Å². The zero-order chi connectivity index (χ0) is 23.6. The molecule has 2 rings (SSSR count). The van der Waals surface area contributed by atoms with Crippen molar-refractivity contribution in [2.75, 3.05) is 11.5 Å². The van der Waals surface area contributed by atoms with E-state index in [0.29, 0.717) is 10.8 Å². The molecule has 2 atom stereocenters. The molecular weight excluding hydrogens is 447 g/mol. The van der Waals surface area contributed by atoms with Crippen LogP contribution in [0.15, 0.2) is 42.5 Å². The third-order valence-corrected chi connectivity index (χ3v) is 5.95. The van der Waals surface area contributed by atoms with Crippen LogP contribution in [0, 0.1) is 6.92 Å². The van der Waals surface area contributed by atoms with E-state index in [2.05, 4.69) is 0 Å². The van der Waals surface area contributed by atoms with E-state index in [4.69, 9.17) is 22.4 Å². The fourth-order valence-corrected chi connectivity index (χ4v) is 4.28. The van der Waals surface area contributed by atoms with Crippen LogP contribution in [-0.2, 0) is 4.79 Å². The molecule has 0 amide bonds. The van der Waals surface area contributed by atoms with E-state index >= 15 is 0 Å². The molecule has 172 valence electrons. The first-order chi connectivity index (χ1) is 14.6. The number of carboxylic acid groups (broad SMARTS) is 1. The fourth-order valence-electron chi connectivity index (χ4n) is 2.91. The summed E-state index contributed by atoms with van der Waals surface area (Å²) in [6.45, 7) is 5.92. The third-order valence-electron chi connectivity index (χ3n) is 4.59. The van der Waals surface area contributed by atoms with E-state index in [0.717, 1.165) is 16.7 Å². The minimum atomic E-state index is -4.36. The number of carbonyl (C=O) groups is 1. The van der Waals surface area contributed by atoms with E-state index in [1.54, 1.807) is 12.1 Å². The van der Waals surface area contributed by atoms with Gasteiger partial charge >= 0.3 is 12.1 Å². The van der Waals surface area contributed by atoms with Crippen molar-refractivity contribution in [3.63, 3.8) is 0 Å². The molecule has 0 heterocycles. The smallest absolute Gasteiger partial charge is 0.395 e. The van der Waals surface area contributed by atoms with Crippen LogP contribution in [-0.4, -0.2) is 34.8 Å². The second-order valence-corrected chi connectivity index (χ2v) is 8.47. The monoisotopic (exact) mass is 475 g/mol. The van der Waals surface area contributed by atoms with Crippen LogP contribution in [0.1, 0.15) is 43.7 Å². The number of benzene rings is 2. The van der Waals surface area contributed by atoms with Gasteiger partial charge in [0.2, 0.25) is 0 Å². The highest BCUT2D eigenvalue weighted by molar-refractivity contribution is 7.99. The van der Waals surface area contributed by atoms with Crippen LogP contribution in [0.5, 0.6) is 0 Å². The van der Waals surface area contributed by atoms with Gasteiger partial charge in [-0.05, 0) is 54.0 Å². The van der Waals surface area contributed by atoms with Gasteiger partial charge in [0.25, 0.3) is 0 Å². The van der Waals surface area contributed by atoms with Crippen LogP contribution >= 0.6 is 23.4 Å². The summed E-state index contributed by atoms with van der Waals surface area (Å²) in [5.74, 6) is -2.01. The van der Waals surface area contributed by atoms with Crippen molar-refractivity contribution >= 4 is 29.3 Å². The highest BCUT2D eigenvalue weighted by Gasteiger charge is 2.40. The zero-order valence-corrected chi connectivity index (χ0v) is 19.4. The number of alkyl halides is 3. The molecular formula is C23H29ClF3NO2S. The van der Waals surface area contributed by atoms with Gasteiger partial charge in [0.05, 0.1) is 5.92 Å². The molecule has 0 radical (unpaired) electrons. The van der Waals surface area contributed by atoms with Gasteiger partial charge in [-0.3, -0.25) is 4.79 Å². The summed E-state index contributed by atoms with van der Waals surface area (Å²) < 4.78 is 40.7. The van der Waals surface area contributed by atoms with Crippen molar-refractivity contribution in [2.24, 2.45) is 5.73 Å². The predicted molar refractivity (Wildman–Crippen MR) is 124 cm³/mol. The lowest BCUT2D eigenvalue weighted by Gasteiger charge is -2.21. The van der Waals surface area contributed by atoms with Crippen LogP contribution in [0.2, 0.25) is 5.02 Å². The first-order valence-electron chi connectivity index (χ1n) is 10.1. The Labute approximate surface area is 191 Å². The lowest BCUT2D eigenvalue weighted by Crippen LogP contribution is -2.30. The zero-order valence-electron chi connectivity index (χ0n) is 17.9. The first-order valence-corrected chi connectivity index (χ1v) is 11.6. The van der Waals surface area contributed by atoms with Crippen molar-refractivity contribution in [3.8, 4) is 11.1 Å². The molecule has 0 spiro atoms. The van der Waals surface area contributed by atoms with E-state index in [1.807, 2.05) is 39.0 Å². The molecule has 3 nitrogen and oxygen atoms in total. The van der Waals surface area contributed by atoms with Crippen molar-refractivity contribution < 1.29 is 23.1 Å². The maximum Gasteiger partial charge on any atom is 0.395 e. The predicted octanol–water partition coefficient (Wildman–Crippen LogP) is 6.91. The normalized spacial score (nSPS) is 13.2. The molecule has 0 aromatic heterocycles. The fraction of sp³-hybridized carbons (Fsp3) is 0.435. The summed E-state index contributed by atoms with van der Waals surface area (Å²) in [4.78, 5) is 10.7. The van der Waals surface area contributed by atoms with Crippen molar-refractivity contribution in [1.29, 1.82) is 0 Å². The van der Waals surface area contributed by atoms with E-state index < -0.39 is 24.1 Å². The number of nitrogens with two attached hydrogens (primary N) is 1. The summed E-state index contributed by atoms with van der Waals surface area (Å²) in [5, 5.41) is 9.28. The molecule has 0 aliphatic carbocycles. The van der Waals surface area contributed by atoms with Gasteiger partial charge in [0, 0.05) is 10.6 Å². The second kappa shape index (κ2) is 13.0. The largest absolute Gasteiger partial charge is 0.480 e. The molecule has 2 aromatic carbocycles. The van der Waals surface area contributed by atoms with Gasteiger partial charge in [-0.1, -0.05) is 61.8 Å². The molecule has 8 heteroatoms. The van der Waals surface area contributed by atoms with Gasteiger partial charge in [0.15, 0.2) is 0 Å². The molecule has 3 N–H and O–H groups in total.